The molecule has 1 unspecified atom stereocenters. The van der Waals surface area contributed by atoms with Crippen LogP contribution in [0.1, 0.15) is 77.3 Å². The average Bonchev–Trinajstić information content (AvgIpc) is 3.73. The second kappa shape index (κ2) is 11.9. The van der Waals surface area contributed by atoms with E-state index in [9.17, 15) is 14.4 Å². The molecule has 2 amide bonds. The molecule has 2 aromatic carbocycles. The largest absolute Gasteiger partial charge is 0.458 e. The maximum Gasteiger partial charge on any atom is 0.332 e. The van der Waals surface area contributed by atoms with Crippen molar-refractivity contribution in [1.29, 1.82) is 0 Å². The molecular weight excluding hydrogens is 492 g/mol. The van der Waals surface area contributed by atoms with Crippen molar-refractivity contribution in [3.8, 4) is 0 Å². The fourth-order valence-electron chi connectivity index (χ4n) is 5.49. The first-order chi connectivity index (χ1) is 18.6. The van der Waals surface area contributed by atoms with Crippen molar-refractivity contribution < 1.29 is 23.9 Å². The lowest BCUT2D eigenvalue weighted by Gasteiger charge is -2.56. The Bertz CT molecular complexity index is 1100. The number of amides is 2. The second-order valence-corrected chi connectivity index (χ2v) is 11.8. The molecule has 1 aliphatic carbocycles. The van der Waals surface area contributed by atoms with E-state index in [2.05, 4.69) is 13.8 Å². The van der Waals surface area contributed by atoms with Crippen molar-refractivity contribution in [3.05, 3.63) is 71.8 Å². The van der Waals surface area contributed by atoms with E-state index in [1.54, 1.807) is 9.80 Å². The first kappa shape index (κ1) is 28.8. The number of hydrogen-bond donors (Lipinski definition) is 0. The molecule has 2 aromatic rings. The maximum atomic E-state index is 14.1. The van der Waals surface area contributed by atoms with Crippen molar-refractivity contribution in [2.24, 2.45) is 5.41 Å². The van der Waals surface area contributed by atoms with Crippen LogP contribution < -0.4 is 0 Å². The van der Waals surface area contributed by atoms with E-state index in [0.29, 0.717) is 6.54 Å². The SMILES string of the molecule is CCC1(CC)CN(C(=O)CN(C(=O)C(c2ccccc2)c2ccccc2)C2CC2)C1OCC(=O)OC(C)(C)C. The highest BCUT2D eigenvalue weighted by Gasteiger charge is 2.54. The van der Waals surface area contributed by atoms with Crippen LogP contribution in [-0.4, -0.2) is 65.2 Å². The first-order valence-electron chi connectivity index (χ1n) is 14.1. The Balaban J connectivity index is 1.52. The molecule has 39 heavy (non-hydrogen) atoms. The standard InChI is InChI=1S/C32H42N2O5/c1-6-32(7-2)22-34(30(32)38-21-27(36)39-31(3,4)5)26(35)20-33(25-18-19-25)29(37)28(23-14-10-8-11-15-23)24-16-12-9-13-17-24/h8-17,25,28,30H,6-7,18-22H2,1-5H3. The summed E-state index contributed by atoms with van der Waals surface area (Å²) in [7, 11) is 0. The first-order valence-corrected chi connectivity index (χ1v) is 14.1. The summed E-state index contributed by atoms with van der Waals surface area (Å²) >= 11 is 0. The van der Waals surface area contributed by atoms with Crippen molar-refractivity contribution in [1.82, 2.24) is 9.80 Å². The van der Waals surface area contributed by atoms with E-state index in [1.165, 1.54) is 0 Å². The predicted molar refractivity (Wildman–Crippen MR) is 150 cm³/mol. The Morgan fingerprint density at radius 3 is 1.95 bits per heavy atom. The molecule has 210 valence electrons. The molecule has 7 nitrogen and oxygen atoms in total. The van der Waals surface area contributed by atoms with Gasteiger partial charge in [-0.15, -0.1) is 0 Å². The summed E-state index contributed by atoms with van der Waals surface area (Å²) < 4.78 is 11.5. The summed E-state index contributed by atoms with van der Waals surface area (Å²) in [6.07, 6.45) is 2.90. The molecule has 1 heterocycles. The normalized spacial score (nSPS) is 18.4. The molecule has 0 aromatic heterocycles. The van der Waals surface area contributed by atoms with Gasteiger partial charge in [-0.2, -0.15) is 0 Å². The Hall–Kier alpha value is -3.19. The third-order valence-corrected chi connectivity index (χ3v) is 7.89. The summed E-state index contributed by atoms with van der Waals surface area (Å²) in [6.45, 7) is 9.93. The highest BCUT2D eigenvalue weighted by atomic mass is 16.6. The van der Waals surface area contributed by atoms with Crippen LogP contribution in [-0.2, 0) is 23.9 Å². The van der Waals surface area contributed by atoms with Crippen LogP contribution in [0.2, 0.25) is 0 Å². The third kappa shape index (κ3) is 6.70. The summed E-state index contributed by atoms with van der Waals surface area (Å²) in [6, 6.07) is 19.6. The summed E-state index contributed by atoms with van der Waals surface area (Å²) in [4.78, 5) is 43.7. The van der Waals surface area contributed by atoms with Crippen LogP contribution in [0.15, 0.2) is 60.7 Å². The minimum Gasteiger partial charge on any atom is -0.458 e. The number of benzene rings is 2. The molecule has 0 N–H and O–H groups in total. The van der Waals surface area contributed by atoms with E-state index in [-0.39, 0.29) is 36.4 Å². The Morgan fingerprint density at radius 1 is 0.949 bits per heavy atom. The number of nitrogens with zero attached hydrogens (tertiary/aromatic N) is 2. The monoisotopic (exact) mass is 534 g/mol. The van der Waals surface area contributed by atoms with Crippen LogP contribution in [0, 0.1) is 5.41 Å². The fraction of sp³-hybridized carbons (Fsp3) is 0.531. The van der Waals surface area contributed by atoms with Gasteiger partial charge in [0, 0.05) is 18.0 Å². The Kier molecular flexibility index (Phi) is 8.80. The summed E-state index contributed by atoms with van der Waals surface area (Å²) in [5.74, 6) is -1.15. The molecule has 2 aliphatic rings. The topological polar surface area (TPSA) is 76.2 Å². The summed E-state index contributed by atoms with van der Waals surface area (Å²) in [5.41, 5.74) is 0.986. The van der Waals surface area contributed by atoms with Gasteiger partial charge in [-0.25, -0.2) is 4.79 Å². The number of ether oxygens (including phenoxy) is 2. The van der Waals surface area contributed by atoms with Gasteiger partial charge in [-0.05, 0) is 57.6 Å². The number of hydrogen-bond acceptors (Lipinski definition) is 5. The van der Waals surface area contributed by atoms with Crippen LogP contribution in [0.4, 0.5) is 0 Å². The predicted octanol–water partition coefficient (Wildman–Crippen LogP) is 5.14. The lowest BCUT2D eigenvalue weighted by atomic mass is 9.72. The second-order valence-electron chi connectivity index (χ2n) is 11.8. The van der Waals surface area contributed by atoms with Crippen molar-refractivity contribution in [2.75, 3.05) is 19.7 Å². The zero-order valence-electron chi connectivity index (χ0n) is 23.9. The van der Waals surface area contributed by atoms with E-state index in [1.807, 2.05) is 81.4 Å². The molecule has 4 rings (SSSR count). The van der Waals surface area contributed by atoms with E-state index in [4.69, 9.17) is 9.47 Å². The van der Waals surface area contributed by atoms with Gasteiger partial charge < -0.3 is 19.3 Å². The maximum absolute atomic E-state index is 14.1. The van der Waals surface area contributed by atoms with E-state index < -0.39 is 23.7 Å². The smallest absolute Gasteiger partial charge is 0.332 e. The van der Waals surface area contributed by atoms with Crippen molar-refractivity contribution in [2.45, 2.75) is 84.1 Å². The van der Waals surface area contributed by atoms with Crippen LogP contribution in [0.25, 0.3) is 0 Å². The van der Waals surface area contributed by atoms with Crippen molar-refractivity contribution >= 4 is 17.8 Å². The van der Waals surface area contributed by atoms with Gasteiger partial charge in [-0.1, -0.05) is 74.5 Å². The van der Waals surface area contributed by atoms with E-state index >= 15 is 0 Å². The molecule has 7 heteroatoms. The number of esters is 1. The zero-order chi connectivity index (χ0) is 28.2. The highest BCUT2D eigenvalue weighted by molar-refractivity contribution is 5.91. The third-order valence-electron chi connectivity index (χ3n) is 7.89. The molecule has 1 saturated heterocycles. The van der Waals surface area contributed by atoms with Gasteiger partial charge in [0.1, 0.15) is 25.0 Å². The fourth-order valence-corrected chi connectivity index (χ4v) is 5.49. The molecule has 2 fully saturated rings. The molecule has 1 aliphatic heterocycles. The minimum absolute atomic E-state index is 0.00449. The van der Waals surface area contributed by atoms with Crippen LogP contribution in [0.3, 0.4) is 0 Å². The molecule has 0 spiro atoms. The van der Waals surface area contributed by atoms with Crippen LogP contribution >= 0.6 is 0 Å². The Morgan fingerprint density at radius 2 is 1.49 bits per heavy atom. The Labute approximate surface area is 232 Å². The molecule has 0 radical (unpaired) electrons. The van der Waals surface area contributed by atoms with E-state index in [0.717, 1.165) is 36.8 Å². The minimum atomic E-state index is -0.610. The number of carbonyl (C=O) groups excluding carboxylic acids is 3. The zero-order valence-corrected chi connectivity index (χ0v) is 23.9. The number of carbonyl (C=O) groups is 3. The van der Waals surface area contributed by atoms with Crippen molar-refractivity contribution in [3.63, 3.8) is 0 Å². The quantitative estimate of drug-likeness (QED) is 0.373. The molecule has 1 saturated carbocycles. The van der Waals surface area contributed by atoms with Gasteiger partial charge in [0.2, 0.25) is 11.8 Å². The van der Waals surface area contributed by atoms with Gasteiger partial charge in [0.25, 0.3) is 0 Å². The lowest BCUT2D eigenvalue weighted by Crippen LogP contribution is -2.68. The van der Waals surface area contributed by atoms with Gasteiger partial charge >= 0.3 is 5.97 Å². The summed E-state index contributed by atoms with van der Waals surface area (Å²) in [5, 5.41) is 0. The molecule has 1 atom stereocenters. The van der Waals surface area contributed by atoms with Gasteiger partial charge in [-0.3, -0.25) is 9.59 Å². The number of rotatable bonds is 11. The lowest BCUT2D eigenvalue weighted by molar-refractivity contribution is -0.229. The number of likely N-dealkylation sites (tertiary alicyclic amines) is 1. The van der Waals surface area contributed by atoms with Crippen LogP contribution in [0.5, 0.6) is 0 Å². The molecular formula is C32H42N2O5. The highest BCUT2D eigenvalue weighted by Crippen LogP contribution is 2.45. The van der Waals surface area contributed by atoms with Gasteiger partial charge in [0.05, 0.1) is 5.92 Å². The van der Waals surface area contributed by atoms with Gasteiger partial charge in [0.15, 0.2) is 0 Å². The molecule has 0 bridgehead atoms. The average molecular weight is 535 g/mol.